The molecular formula is C24H21ClN7O5S-. The molecule has 0 bridgehead atoms. The fourth-order valence-electron chi connectivity index (χ4n) is 4.10. The van der Waals surface area contributed by atoms with Crippen molar-refractivity contribution in [3.63, 3.8) is 0 Å². The Bertz CT molecular complexity index is 1470. The molecule has 2 atom stereocenters. The van der Waals surface area contributed by atoms with Gasteiger partial charge in [0, 0.05) is 26.0 Å². The maximum absolute atomic E-state index is 13.5. The van der Waals surface area contributed by atoms with Crippen molar-refractivity contribution in [1.29, 1.82) is 5.26 Å². The molecule has 3 N–H and O–H groups in total. The molecule has 1 aromatic heterocycles. The van der Waals surface area contributed by atoms with E-state index < -0.39 is 23.2 Å². The van der Waals surface area contributed by atoms with Crippen LogP contribution in [0.5, 0.6) is 0 Å². The standard InChI is InChI=1S/C24H22ClN7O5S/c1-13-8-14(10-26)9-15(23(33)27-2)20(13)30-24(34)17-12-32(7-5-19(17)37-38(35)36)22-16(11-29-31-22)21-18(25)4-3-6-28-21/h3-9,16,29H,11-12H2,1-2H3,(H,27,33)(H,30,34)(H,35,36)/p-1. The number of pyridine rings is 1. The van der Waals surface area contributed by atoms with Gasteiger partial charge in [0.25, 0.3) is 11.8 Å². The van der Waals surface area contributed by atoms with E-state index in [1.54, 1.807) is 30.2 Å². The molecule has 0 radical (unpaired) electrons. The van der Waals surface area contributed by atoms with Gasteiger partial charge < -0.3 is 29.7 Å². The second-order valence-corrected chi connectivity index (χ2v) is 9.17. The zero-order valence-electron chi connectivity index (χ0n) is 20.1. The van der Waals surface area contributed by atoms with Gasteiger partial charge in [0.15, 0.2) is 5.76 Å². The van der Waals surface area contributed by atoms with Gasteiger partial charge in [0.2, 0.25) is 0 Å². The Hall–Kier alpha value is -4.25. The van der Waals surface area contributed by atoms with E-state index in [1.165, 1.54) is 31.5 Å². The van der Waals surface area contributed by atoms with E-state index in [9.17, 15) is 23.6 Å². The molecule has 38 heavy (non-hydrogen) atoms. The van der Waals surface area contributed by atoms with Crippen LogP contribution in [0, 0.1) is 18.3 Å². The third-order valence-electron chi connectivity index (χ3n) is 5.85. The Balaban J connectivity index is 1.67. The maximum Gasteiger partial charge on any atom is 0.257 e. The van der Waals surface area contributed by atoms with Crippen molar-refractivity contribution in [3.05, 3.63) is 81.5 Å². The zero-order valence-corrected chi connectivity index (χ0v) is 21.7. The van der Waals surface area contributed by atoms with Gasteiger partial charge in [-0.3, -0.25) is 14.6 Å². The lowest BCUT2D eigenvalue weighted by molar-refractivity contribution is -0.113. The normalized spacial score (nSPS) is 17.3. The average molecular weight is 555 g/mol. The monoisotopic (exact) mass is 554 g/mol. The van der Waals surface area contributed by atoms with Crippen LogP contribution in [0.1, 0.15) is 33.1 Å². The molecular weight excluding hydrogens is 534 g/mol. The van der Waals surface area contributed by atoms with Crippen LogP contribution in [0.15, 0.2) is 59.2 Å². The van der Waals surface area contributed by atoms with E-state index in [0.29, 0.717) is 28.7 Å². The number of hydrogen-bond acceptors (Lipinski definition) is 10. The predicted octanol–water partition coefficient (Wildman–Crippen LogP) is 1.81. The van der Waals surface area contributed by atoms with E-state index >= 15 is 0 Å². The molecule has 12 nitrogen and oxygen atoms in total. The number of anilines is 1. The first-order valence-electron chi connectivity index (χ1n) is 11.2. The number of nitriles is 1. The maximum atomic E-state index is 13.5. The van der Waals surface area contributed by atoms with Gasteiger partial charge in [-0.05, 0) is 42.8 Å². The van der Waals surface area contributed by atoms with Crippen molar-refractivity contribution in [2.75, 3.05) is 25.5 Å². The van der Waals surface area contributed by atoms with Crippen LogP contribution < -0.4 is 16.1 Å². The average Bonchev–Trinajstić information content (AvgIpc) is 3.39. The summed E-state index contributed by atoms with van der Waals surface area (Å²) < 4.78 is 27.6. The molecule has 0 saturated heterocycles. The van der Waals surface area contributed by atoms with Gasteiger partial charge in [0.05, 0.1) is 51.6 Å². The Morgan fingerprint density at radius 3 is 2.84 bits per heavy atom. The third kappa shape index (κ3) is 5.52. The smallest absolute Gasteiger partial charge is 0.257 e. The fourth-order valence-corrected chi connectivity index (χ4v) is 4.65. The lowest BCUT2D eigenvalue weighted by Crippen LogP contribution is -2.37. The predicted molar refractivity (Wildman–Crippen MR) is 138 cm³/mol. The highest BCUT2D eigenvalue weighted by atomic mass is 35.5. The molecule has 2 aromatic rings. The van der Waals surface area contributed by atoms with E-state index in [-0.39, 0.29) is 40.6 Å². The highest BCUT2D eigenvalue weighted by molar-refractivity contribution is 7.74. The van der Waals surface area contributed by atoms with E-state index in [2.05, 4.69) is 26.1 Å². The number of allylic oxidation sites excluding steroid dienone is 1. The Morgan fingerprint density at radius 2 is 2.16 bits per heavy atom. The van der Waals surface area contributed by atoms with Crippen LogP contribution in [-0.2, 0) is 20.3 Å². The number of hydrazone groups is 1. The Morgan fingerprint density at radius 1 is 1.37 bits per heavy atom. The first-order chi connectivity index (χ1) is 18.2. The number of aromatic nitrogens is 1. The molecule has 2 aliphatic heterocycles. The molecule has 3 heterocycles. The van der Waals surface area contributed by atoms with Crippen LogP contribution in [0.3, 0.4) is 0 Å². The van der Waals surface area contributed by atoms with Crippen LogP contribution in [0.2, 0.25) is 5.02 Å². The van der Waals surface area contributed by atoms with Crippen molar-refractivity contribution < 1.29 is 22.5 Å². The van der Waals surface area contributed by atoms with E-state index in [0.717, 1.165) is 0 Å². The quantitative estimate of drug-likeness (QED) is 0.450. The van der Waals surface area contributed by atoms with Gasteiger partial charge in [-0.25, -0.2) is 4.21 Å². The minimum Gasteiger partial charge on any atom is -0.740 e. The fraction of sp³-hybridized carbons (Fsp3) is 0.208. The lowest BCUT2D eigenvalue weighted by atomic mass is 10.0. The molecule has 0 fully saturated rings. The van der Waals surface area contributed by atoms with Crippen LogP contribution >= 0.6 is 11.6 Å². The molecule has 0 spiro atoms. The summed E-state index contributed by atoms with van der Waals surface area (Å²) in [5.41, 5.74) is 4.41. The molecule has 0 aliphatic carbocycles. The van der Waals surface area contributed by atoms with E-state index in [4.69, 9.17) is 15.8 Å². The molecule has 4 rings (SSSR count). The largest absolute Gasteiger partial charge is 0.740 e. The van der Waals surface area contributed by atoms with Gasteiger partial charge in [-0.15, -0.1) is 0 Å². The van der Waals surface area contributed by atoms with Gasteiger partial charge in [-0.1, -0.05) is 11.6 Å². The first-order valence-corrected chi connectivity index (χ1v) is 12.6. The molecule has 2 unspecified atom stereocenters. The van der Waals surface area contributed by atoms with Crippen molar-refractivity contribution in [2.45, 2.75) is 12.8 Å². The number of amidine groups is 1. The number of carbonyl (C=O) groups excluding carboxylic acids is 2. The van der Waals surface area contributed by atoms with Crippen molar-refractivity contribution in [3.8, 4) is 6.07 Å². The molecule has 1 aromatic carbocycles. The number of aryl methyl sites for hydroxylation is 1. The molecule has 0 saturated carbocycles. The number of carbonyl (C=O) groups is 2. The second kappa shape index (κ2) is 11.4. The first kappa shape index (κ1) is 26.8. The minimum atomic E-state index is -2.95. The molecule has 2 aliphatic rings. The number of rotatable bonds is 6. The molecule has 14 heteroatoms. The SMILES string of the molecule is CNC(=O)c1cc(C#N)cc(C)c1NC(=O)C1=C(OS(=O)[O-])C=CN(C2=NNCC2c2ncccc2Cl)C1. The summed E-state index contributed by atoms with van der Waals surface area (Å²) in [7, 11) is 1.42. The Kier molecular flexibility index (Phi) is 8.06. The number of hydrogen-bond donors (Lipinski definition) is 3. The number of amides is 2. The Labute approximate surface area is 225 Å². The number of halogens is 1. The van der Waals surface area contributed by atoms with Gasteiger partial charge in [-0.2, -0.15) is 10.4 Å². The van der Waals surface area contributed by atoms with Crippen LogP contribution in [0.4, 0.5) is 5.69 Å². The third-order valence-corrected chi connectivity index (χ3v) is 6.49. The number of nitrogens with one attached hydrogen (secondary N) is 3. The highest BCUT2D eigenvalue weighted by Gasteiger charge is 2.33. The summed E-state index contributed by atoms with van der Waals surface area (Å²) in [6.45, 7) is 1.94. The number of benzene rings is 1. The van der Waals surface area contributed by atoms with Crippen LogP contribution in [-0.4, -0.2) is 56.4 Å². The summed E-state index contributed by atoms with van der Waals surface area (Å²) >= 11 is 3.40. The summed E-state index contributed by atoms with van der Waals surface area (Å²) in [5.74, 6) is -1.25. The van der Waals surface area contributed by atoms with Gasteiger partial charge >= 0.3 is 0 Å². The number of nitrogens with zero attached hydrogens (tertiary/aromatic N) is 4. The highest BCUT2D eigenvalue weighted by Crippen LogP contribution is 2.30. The summed E-state index contributed by atoms with van der Waals surface area (Å²) in [5, 5.41) is 19.3. The van der Waals surface area contributed by atoms with E-state index in [1.807, 2.05) is 6.07 Å². The second-order valence-electron chi connectivity index (χ2n) is 8.19. The molecule has 2 amide bonds. The molecule has 196 valence electrons. The zero-order chi connectivity index (χ0) is 27.4. The topological polar surface area (TPSA) is 172 Å². The summed E-state index contributed by atoms with van der Waals surface area (Å²) in [4.78, 5) is 32.0. The summed E-state index contributed by atoms with van der Waals surface area (Å²) in [6, 6.07) is 8.28. The van der Waals surface area contributed by atoms with Crippen molar-refractivity contribution in [2.24, 2.45) is 5.10 Å². The lowest BCUT2D eigenvalue weighted by Gasteiger charge is -2.29. The van der Waals surface area contributed by atoms with Crippen LogP contribution in [0.25, 0.3) is 0 Å². The van der Waals surface area contributed by atoms with Crippen molar-refractivity contribution in [1.82, 2.24) is 20.6 Å². The van der Waals surface area contributed by atoms with Gasteiger partial charge in [0.1, 0.15) is 17.2 Å². The van der Waals surface area contributed by atoms with Crippen molar-refractivity contribution >= 4 is 46.3 Å². The summed E-state index contributed by atoms with van der Waals surface area (Å²) in [6.07, 6.45) is 4.48. The minimum absolute atomic E-state index is 0.0382.